The van der Waals surface area contributed by atoms with Gasteiger partial charge in [-0.3, -0.25) is 19.3 Å². The zero-order valence-corrected chi connectivity index (χ0v) is 17.5. The zero-order chi connectivity index (χ0) is 21.9. The third kappa shape index (κ3) is 3.89. The van der Waals surface area contributed by atoms with Gasteiger partial charge in [0.2, 0.25) is 11.6 Å². The van der Waals surface area contributed by atoms with Crippen LogP contribution in [-0.2, 0) is 23.9 Å². The second kappa shape index (κ2) is 8.83. The number of benzene rings is 1. The van der Waals surface area contributed by atoms with Crippen molar-refractivity contribution in [2.24, 2.45) is 0 Å². The third-order valence-corrected chi connectivity index (χ3v) is 5.30. The van der Waals surface area contributed by atoms with Gasteiger partial charge in [0.15, 0.2) is 6.61 Å². The van der Waals surface area contributed by atoms with Gasteiger partial charge in [0.1, 0.15) is 0 Å². The quantitative estimate of drug-likeness (QED) is 0.501. The number of amides is 3. The molecule has 2 aliphatic rings. The van der Waals surface area contributed by atoms with E-state index in [0.29, 0.717) is 30.8 Å². The summed E-state index contributed by atoms with van der Waals surface area (Å²) in [5.74, 6) is -1.89. The number of ether oxygens (including phenoxy) is 2. The number of rotatable bonds is 8. The molecule has 1 aromatic carbocycles. The fourth-order valence-corrected chi connectivity index (χ4v) is 3.81. The van der Waals surface area contributed by atoms with Crippen molar-refractivity contribution in [3.8, 4) is 0 Å². The van der Waals surface area contributed by atoms with Gasteiger partial charge in [-0.2, -0.15) is 0 Å². The van der Waals surface area contributed by atoms with Crippen LogP contribution in [0.5, 0.6) is 0 Å². The first-order valence-corrected chi connectivity index (χ1v) is 10.0. The SMILES string of the molecule is CC(C)OCCCNC(=O)COC(=O)C12CCC(=O)N1c1ccccc1C(=O)N2C. The van der Waals surface area contributed by atoms with Crippen molar-refractivity contribution in [2.45, 2.75) is 44.9 Å². The molecule has 162 valence electrons. The van der Waals surface area contributed by atoms with E-state index in [1.54, 1.807) is 24.3 Å². The van der Waals surface area contributed by atoms with Crippen LogP contribution in [0.3, 0.4) is 0 Å². The van der Waals surface area contributed by atoms with Crippen molar-refractivity contribution < 1.29 is 28.7 Å². The molecule has 1 atom stereocenters. The minimum Gasteiger partial charge on any atom is -0.452 e. The van der Waals surface area contributed by atoms with Crippen molar-refractivity contribution >= 4 is 29.4 Å². The number of anilines is 1. The predicted octanol–water partition coefficient (Wildman–Crippen LogP) is 1.07. The van der Waals surface area contributed by atoms with Gasteiger partial charge < -0.3 is 19.7 Å². The number of nitrogens with one attached hydrogen (secondary N) is 1. The summed E-state index contributed by atoms with van der Waals surface area (Å²) in [6.07, 6.45) is 0.967. The van der Waals surface area contributed by atoms with Crippen molar-refractivity contribution in [1.29, 1.82) is 0 Å². The largest absolute Gasteiger partial charge is 0.452 e. The average Bonchev–Trinajstić information content (AvgIpc) is 3.08. The van der Waals surface area contributed by atoms with Crippen LogP contribution in [-0.4, -0.2) is 67.2 Å². The number of para-hydroxylation sites is 1. The number of nitrogens with zero attached hydrogens (tertiary/aromatic N) is 2. The number of esters is 1. The fourth-order valence-electron chi connectivity index (χ4n) is 3.81. The van der Waals surface area contributed by atoms with Crippen molar-refractivity contribution in [1.82, 2.24) is 10.2 Å². The molecule has 2 heterocycles. The molecule has 0 aliphatic carbocycles. The number of carbonyl (C=O) groups excluding carboxylic acids is 4. The van der Waals surface area contributed by atoms with Crippen LogP contribution in [0.1, 0.15) is 43.5 Å². The third-order valence-electron chi connectivity index (χ3n) is 5.30. The van der Waals surface area contributed by atoms with Gasteiger partial charge in [-0.25, -0.2) is 4.79 Å². The Morgan fingerprint density at radius 3 is 2.70 bits per heavy atom. The molecule has 30 heavy (non-hydrogen) atoms. The van der Waals surface area contributed by atoms with Gasteiger partial charge in [-0.1, -0.05) is 12.1 Å². The molecule has 2 aliphatic heterocycles. The number of carbonyl (C=O) groups is 4. The minimum atomic E-state index is -1.58. The molecule has 9 heteroatoms. The van der Waals surface area contributed by atoms with E-state index in [-0.39, 0.29) is 30.8 Å². The van der Waals surface area contributed by atoms with E-state index < -0.39 is 24.1 Å². The predicted molar refractivity (Wildman–Crippen MR) is 108 cm³/mol. The molecule has 0 spiro atoms. The Morgan fingerprint density at radius 2 is 1.97 bits per heavy atom. The van der Waals surface area contributed by atoms with Gasteiger partial charge in [-0.05, 0) is 32.4 Å². The number of hydrogen-bond donors (Lipinski definition) is 1. The van der Waals surface area contributed by atoms with Gasteiger partial charge in [0.05, 0.1) is 17.4 Å². The number of fused-ring (bicyclic) bond motifs is 3. The standard InChI is InChI=1S/C21H27N3O6/c1-14(2)29-12-6-11-22-17(25)13-30-20(28)21-10-9-18(26)24(21)16-8-5-4-7-15(16)19(27)23(21)3/h4-5,7-8,14H,6,9-13H2,1-3H3,(H,22,25). The lowest BCUT2D eigenvalue weighted by Crippen LogP contribution is -2.67. The summed E-state index contributed by atoms with van der Waals surface area (Å²) < 4.78 is 10.7. The van der Waals surface area contributed by atoms with E-state index >= 15 is 0 Å². The summed E-state index contributed by atoms with van der Waals surface area (Å²) in [5, 5.41) is 2.66. The zero-order valence-electron chi connectivity index (χ0n) is 17.5. The Kier molecular flexibility index (Phi) is 6.40. The molecule has 1 aromatic rings. The molecule has 0 radical (unpaired) electrons. The first kappa shape index (κ1) is 21.8. The number of likely N-dealkylation sites (N-methyl/N-ethyl adjacent to an activating group) is 1. The number of hydrogen-bond acceptors (Lipinski definition) is 6. The second-order valence-electron chi connectivity index (χ2n) is 7.63. The van der Waals surface area contributed by atoms with Crippen LogP contribution >= 0.6 is 0 Å². The molecule has 1 saturated heterocycles. The highest BCUT2D eigenvalue weighted by Gasteiger charge is 2.60. The second-order valence-corrected chi connectivity index (χ2v) is 7.63. The van der Waals surface area contributed by atoms with Crippen LogP contribution in [0.2, 0.25) is 0 Å². The summed E-state index contributed by atoms with van der Waals surface area (Å²) in [5.41, 5.74) is -0.844. The van der Waals surface area contributed by atoms with Crippen LogP contribution in [0.4, 0.5) is 5.69 Å². The maximum Gasteiger partial charge on any atom is 0.354 e. The van der Waals surface area contributed by atoms with E-state index in [4.69, 9.17) is 9.47 Å². The molecular formula is C21H27N3O6. The first-order chi connectivity index (χ1) is 14.3. The Morgan fingerprint density at radius 1 is 1.23 bits per heavy atom. The summed E-state index contributed by atoms with van der Waals surface area (Å²) >= 11 is 0. The van der Waals surface area contributed by atoms with Gasteiger partial charge in [-0.15, -0.1) is 0 Å². The topological polar surface area (TPSA) is 105 Å². The van der Waals surface area contributed by atoms with Gasteiger partial charge in [0.25, 0.3) is 11.8 Å². The highest BCUT2D eigenvalue weighted by Crippen LogP contribution is 2.44. The van der Waals surface area contributed by atoms with E-state index in [9.17, 15) is 19.2 Å². The first-order valence-electron chi connectivity index (χ1n) is 10.0. The summed E-state index contributed by atoms with van der Waals surface area (Å²) in [6.45, 7) is 4.28. The van der Waals surface area contributed by atoms with Crippen LogP contribution < -0.4 is 10.2 Å². The van der Waals surface area contributed by atoms with Crippen LogP contribution in [0.15, 0.2) is 24.3 Å². The maximum absolute atomic E-state index is 13.1. The Bertz CT molecular complexity index is 855. The molecule has 1 N–H and O–H groups in total. The Hall–Kier alpha value is -2.94. The lowest BCUT2D eigenvalue weighted by atomic mass is 9.97. The van der Waals surface area contributed by atoms with E-state index in [2.05, 4.69) is 5.32 Å². The summed E-state index contributed by atoms with van der Waals surface area (Å²) in [7, 11) is 1.47. The summed E-state index contributed by atoms with van der Waals surface area (Å²) in [4.78, 5) is 53.1. The van der Waals surface area contributed by atoms with Crippen molar-refractivity contribution in [3.05, 3.63) is 29.8 Å². The van der Waals surface area contributed by atoms with Gasteiger partial charge in [0, 0.05) is 33.0 Å². The molecule has 0 saturated carbocycles. The van der Waals surface area contributed by atoms with E-state index in [1.807, 2.05) is 13.8 Å². The molecule has 3 rings (SSSR count). The summed E-state index contributed by atoms with van der Waals surface area (Å²) in [6, 6.07) is 6.66. The van der Waals surface area contributed by atoms with Crippen molar-refractivity contribution in [2.75, 3.05) is 31.7 Å². The molecule has 1 unspecified atom stereocenters. The van der Waals surface area contributed by atoms with Crippen LogP contribution in [0, 0.1) is 0 Å². The molecule has 9 nitrogen and oxygen atoms in total. The normalized spacial score (nSPS) is 20.3. The van der Waals surface area contributed by atoms with Crippen LogP contribution in [0.25, 0.3) is 0 Å². The van der Waals surface area contributed by atoms with Gasteiger partial charge >= 0.3 is 5.97 Å². The molecular weight excluding hydrogens is 390 g/mol. The molecule has 3 amide bonds. The van der Waals surface area contributed by atoms with Crippen molar-refractivity contribution in [3.63, 3.8) is 0 Å². The average molecular weight is 417 g/mol. The van der Waals surface area contributed by atoms with E-state index in [1.165, 1.54) is 16.8 Å². The minimum absolute atomic E-state index is 0.100. The lowest BCUT2D eigenvalue weighted by molar-refractivity contribution is -0.159. The highest BCUT2D eigenvalue weighted by molar-refractivity contribution is 6.15. The molecule has 0 bridgehead atoms. The van der Waals surface area contributed by atoms with E-state index in [0.717, 1.165) is 0 Å². The smallest absolute Gasteiger partial charge is 0.354 e. The lowest BCUT2D eigenvalue weighted by Gasteiger charge is -2.46. The highest BCUT2D eigenvalue weighted by atomic mass is 16.5. The Balaban J connectivity index is 1.67. The maximum atomic E-state index is 13.1. The monoisotopic (exact) mass is 417 g/mol. The fraction of sp³-hybridized carbons (Fsp3) is 0.524. The molecule has 0 aromatic heterocycles. The Labute approximate surface area is 175 Å². The molecule has 1 fully saturated rings.